The molecule has 0 amide bonds. The predicted octanol–water partition coefficient (Wildman–Crippen LogP) is 3.70. The first-order chi connectivity index (χ1) is 6.75. The molecule has 0 spiro atoms. The first-order valence-electron chi connectivity index (χ1n) is 5.11. The molecule has 1 aromatic rings. The zero-order valence-corrected chi connectivity index (χ0v) is 8.79. The Kier molecular flexibility index (Phi) is 4.60. The Balaban J connectivity index is 2.51. The lowest BCUT2D eigenvalue weighted by Crippen LogP contribution is -2.03. The van der Waals surface area contributed by atoms with E-state index in [1.807, 2.05) is 13.0 Å². The molecule has 0 aromatic heterocycles. The molecule has 78 valence electrons. The van der Waals surface area contributed by atoms with Gasteiger partial charge in [0, 0.05) is 12.2 Å². The van der Waals surface area contributed by atoms with E-state index in [9.17, 15) is 4.39 Å². The predicted molar refractivity (Wildman–Crippen MR) is 55.7 cm³/mol. The number of halogens is 1. The van der Waals surface area contributed by atoms with Crippen LogP contribution < -0.4 is 0 Å². The number of hydrogen-bond acceptors (Lipinski definition) is 1. The summed E-state index contributed by atoms with van der Waals surface area (Å²) in [5, 5.41) is 0. The van der Waals surface area contributed by atoms with Crippen molar-refractivity contribution in [1.29, 1.82) is 0 Å². The van der Waals surface area contributed by atoms with E-state index < -0.39 is 0 Å². The summed E-state index contributed by atoms with van der Waals surface area (Å²) in [4.78, 5) is 0. The van der Waals surface area contributed by atoms with E-state index >= 15 is 0 Å². The van der Waals surface area contributed by atoms with E-state index in [2.05, 4.69) is 6.92 Å². The number of ether oxygens (including phenoxy) is 1. The highest BCUT2D eigenvalue weighted by Gasteiger charge is 2.09. The van der Waals surface area contributed by atoms with Crippen LogP contribution in [0.4, 0.5) is 4.39 Å². The van der Waals surface area contributed by atoms with Crippen LogP contribution in [0.3, 0.4) is 0 Å². The highest BCUT2D eigenvalue weighted by Crippen LogP contribution is 2.19. The summed E-state index contributed by atoms with van der Waals surface area (Å²) in [5.74, 6) is -0.184. The molecule has 2 heteroatoms. The SMILES string of the molecule is CCCCOC(C)c1ccccc1F. The number of unbranched alkanes of at least 4 members (excludes halogenated alkanes) is 1. The van der Waals surface area contributed by atoms with E-state index in [-0.39, 0.29) is 11.9 Å². The van der Waals surface area contributed by atoms with Crippen LogP contribution in [0.2, 0.25) is 0 Å². The fourth-order valence-electron chi connectivity index (χ4n) is 1.30. The lowest BCUT2D eigenvalue weighted by Gasteiger charge is -2.13. The van der Waals surface area contributed by atoms with Crippen LogP contribution in [-0.4, -0.2) is 6.61 Å². The molecule has 0 bridgehead atoms. The number of benzene rings is 1. The van der Waals surface area contributed by atoms with Crippen LogP contribution in [0.1, 0.15) is 38.4 Å². The van der Waals surface area contributed by atoms with E-state index in [0.717, 1.165) is 12.8 Å². The molecule has 0 fully saturated rings. The molecule has 0 heterocycles. The highest BCUT2D eigenvalue weighted by atomic mass is 19.1. The molecule has 1 nitrogen and oxygen atoms in total. The fourth-order valence-corrected chi connectivity index (χ4v) is 1.30. The van der Waals surface area contributed by atoms with Gasteiger partial charge in [-0.3, -0.25) is 0 Å². The first-order valence-corrected chi connectivity index (χ1v) is 5.11. The molecule has 0 aliphatic heterocycles. The van der Waals surface area contributed by atoms with Crippen LogP contribution in [0.5, 0.6) is 0 Å². The molecule has 0 saturated heterocycles. The van der Waals surface area contributed by atoms with Gasteiger partial charge in [0.25, 0.3) is 0 Å². The van der Waals surface area contributed by atoms with Gasteiger partial charge in [0.1, 0.15) is 5.82 Å². The molecule has 0 saturated carbocycles. The molecule has 1 aromatic carbocycles. The summed E-state index contributed by atoms with van der Waals surface area (Å²) in [6.45, 7) is 4.69. The van der Waals surface area contributed by atoms with Gasteiger partial charge in [-0.15, -0.1) is 0 Å². The molecule has 14 heavy (non-hydrogen) atoms. The summed E-state index contributed by atoms with van der Waals surface area (Å²) in [5.41, 5.74) is 0.642. The largest absolute Gasteiger partial charge is 0.374 e. The quantitative estimate of drug-likeness (QED) is 0.652. The summed E-state index contributed by atoms with van der Waals surface area (Å²) in [6.07, 6.45) is 1.98. The molecule has 0 aliphatic rings. The Morgan fingerprint density at radius 2 is 2.07 bits per heavy atom. The zero-order chi connectivity index (χ0) is 10.4. The summed E-state index contributed by atoms with van der Waals surface area (Å²) in [6, 6.07) is 6.76. The average molecular weight is 196 g/mol. The van der Waals surface area contributed by atoms with E-state index in [0.29, 0.717) is 12.2 Å². The van der Waals surface area contributed by atoms with E-state index in [4.69, 9.17) is 4.74 Å². The van der Waals surface area contributed by atoms with Crippen LogP contribution >= 0.6 is 0 Å². The van der Waals surface area contributed by atoms with Gasteiger partial charge in [0.2, 0.25) is 0 Å². The van der Waals surface area contributed by atoms with Crippen molar-refractivity contribution >= 4 is 0 Å². The maximum atomic E-state index is 13.3. The highest BCUT2D eigenvalue weighted by molar-refractivity contribution is 5.19. The monoisotopic (exact) mass is 196 g/mol. The molecular formula is C12H17FO. The first kappa shape index (κ1) is 11.2. The lowest BCUT2D eigenvalue weighted by atomic mass is 10.1. The van der Waals surface area contributed by atoms with Crippen molar-refractivity contribution in [2.75, 3.05) is 6.61 Å². The Labute approximate surface area is 84.9 Å². The summed E-state index contributed by atoms with van der Waals surface area (Å²) < 4.78 is 18.8. The van der Waals surface area contributed by atoms with Gasteiger partial charge >= 0.3 is 0 Å². The number of hydrogen-bond donors (Lipinski definition) is 0. The third kappa shape index (κ3) is 3.11. The summed E-state index contributed by atoms with van der Waals surface area (Å²) >= 11 is 0. The zero-order valence-electron chi connectivity index (χ0n) is 8.79. The average Bonchev–Trinajstić information content (AvgIpc) is 2.18. The minimum absolute atomic E-state index is 0.150. The van der Waals surface area contributed by atoms with Gasteiger partial charge in [-0.25, -0.2) is 4.39 Å². The molecule has 0 radical (unpaired) electrons. The second-order valence-corrected chi connectivity index (χ2v) is 3.39. The van der Waals surface area contributed by atoms with Gasteiger partial charge < -0.3 is 4.74 Å². The topological polar surface area (TPSA) is 9.23 Å². The van der Waals surface area contributed by atoms with E-state index in [1.54, 1.807) is 12.1 Å². The van der Waals surface area contributed by atoms with Crippen LogP contribution in [0, 0.1) is 5.82 Å². The Bertz CT molecular complexity index is 273. The summed E-state index contributed by atoms with van der Waals surface area (Å²) in [7, 11) is 0. The molecule has 1 atom stereocenters. The minimum atomic E-state index is -0.184. The third-order valence-corrected chi connectivity index (χ3v) is 2.21. The Morgan fingerprint density at radius 1 is 1.36 bits per heavy atom. The van der Waals surface area contributed by atoms with Gasteiger partial charge in [-0.2, -0.15) is 0 Å². The van der Waals surface area contributed by atoms with Crippen molar-refractivity contribution in [3.8, 4) is 0 Å². The maximum absolute atomic E-state index is 13.3. The Morgan fingerprint density at radius 3 is 2.71 bits per heavy atom. The van der Waals surface area contributed by atoms with Gasteiger partial charge in [-0.05, 0) is 19.4 Å². The normalized spacial score (nSPS) is 12.8. The molecular weight excluding hydrogens is 179 g/mol. The Hall–Kier alpha value is -0.890. The molecule has 1 rings (SSSR count). The maximum Gasteiger partial charge on any atom is 0.128 e. The third-order valence-electron chi connectivity index (χ3n) is 2.21. The van der Waals surface area contributed by atoms with Gasteiger partial charge in [-0.1, -0.05) is 31.5 Å². The van der Waals surface area contributed by atoms with E-state index in [1.165, 1.54) is 6.07 Å². The van der Waals surface area contributed by atoms with Gasteiger partial charge in [0.15, 0.2) is 0 Å². The standard InChI is InChI=1S/C12H17FO/c1-3-4-9-14-10(2)11-7-5-6-8-12(11)13/h5-8,10H,3-4,9H2,1-2H3. The second kappa shape index (κ2) is 5.76. The van der Waals surface area contributed by atoms with Crippen molar-refractivity contribution in [2.45, 2.75) is 32.8 Å². The van der Waals surface area contributed by atoms with Gasteiger partial charge in [0.05, 0.1) is 6.10 Å². The van der Waals surface area contributed by atoms with Crippen molar-refractivity contribution < 1.29 is 9.13 Å². The van der Waals surface area contributed by atoms with Crippen molar-refractivity contribution in [3.05, 3.63) is 35.6 Å². The molecule has 0 N–H and O–H groups in total. The van der Waals surface area contributed by atoms with Crippen LogP contribution in [-0.2, 0) is 4.74 Å². The molecule has 0 aliphatic carbocycles. The van der Waals surface area contributed by atoms with Crippen molar-refractivity contribution in [2.24, 2.45) is 0 Å². The van der Waals surface area contributed by atoms with Crippen molar-refractivity contribution in [3.63, 3.8) is 0 Å². The lowest BCUT2D eigenvalue weighted by molar-refractivity contribution is 0.0613. The smallest absolute Gasteiger partial charge is 0.128 e. The molecule has 1 unspecified atom stereocenters. The fraction of sp³-hybridized carbons (Fsp3) is 0.500. The minimum Gasteiger partial charge on any atom is -0.374 e. The second-order valence-electron chi connectivity index (χ2n) is 3.39. The van der Waals surface area contributed by atoms with Crippen LogP contribution in [0.15, 0.2) is 24.3 Å². The van der Waals surface area contributed by atoms with Crippen molar-refractivity contribution in [1.82, 2.24) is 0 Å². The number of rotatable bonds is 5. The van der Waals surface area contributed by atoms with Crippen LogP contribution in [0.25, 0.3) is 0 Å².